The lowest BCUT2D eigenvalue weighted by Gasteiger charge is -2.17. The first kappa shape index (κ1) is 18.7. The maximum Gasteiger partial charge on any atom is 0.178 e. The summed E-state index contributed by atoms with van der Waals surface area (Å²) >= 11 is 0. The van der Waals surface area contributed by atoms with Gasteiger partial charge in [-0.1, -0.05) is 6.92 Å². The number of likely N-dealkylation sites (N-methyl/N-ethyl adjacent to an activating group) is 1. The summed E-state index contributed by atoms with van der Waals surface area (Å²) in [6, 6.07) is 6.19. The zero-order valence-electron chi connectivity index (χ0n) is 17.6. The second-order valence-corrected chi connectivity index (χ2v) is 8.18. The molecule has 0 unspecified atom stereocenters. The van der Waals surface area contributed by atoms with Crippen molar-refractivity contribution in [1.29, 1.82) is 0 Å². The molecule has 154 valence electrons. The first-order valence-corrected chi connectivity index (χ1v) is 10.2. The quantitative estimate of drug-likeness (QED) is 0.543. The molecule has 4 heterocycles. The summed E-state index contributed by atoms with van der Waals surface area (Å²) < 4.78 is 1.75. The number of rotatable bonds is 3. The van der Waals surface area contributed by atoms with Crippen LogP contribution < -0.4 is 10.2 Å². The van der Waals surface area contributed by atoms with Gasteiger partial charge in [0.25, 0.3) is 0 Å². The highest BCUT2D eigenvalue weighted by atomic mass is 16.3. The van der Waals surface area contributed by atoms with Crippen LogP contribution in [0.15, 0.2) is 30.6 Å². The fourth-order valence-corrected chi connectivity index (χ4v) is 4.36. The summed E-state index contributed by atoms with van der Waals surface area (Å²) in [7, 11) is 3.87. The summed E-state index contributed by atoms with van der Waals surface area (Å²) in [5.41, 5.74) is 4.19. The molecule has 1 saturated heterocycles. The van der Waals surface area contributed by atoms with Gasteiger partial charge in [0.15, 0.2) is 5.65 Å². The molecule has 5 rings (SSSR count). The highest BCUT2D eigenvalue weighted by molar-refractivity contribution is 5.91. The van der Waals surface area contributed by atoms with Crippen LogP contribution in [0.25, 0.3) is 33.3 Å². The Bertz CT molecular complexity index is 1270. The van der Waals surface area contributed by atoms with E-state index in [0.29, 0.717) is 28.9 Å². The third-order valence-electron chi connectivity index (χ3n) is 6.10. The number of benzene rings is 1. The smallest absolute Gasteiger partial charge is 0.178 e. The van der Waals surface area contributed by atoms with Crippen LogP contribution in [0.1, 0.15) is 12.5 Å². The molecule has 0 spiro atoms. The van der Waals surface area contributed by atoms with E-state index >= 15 is 0 Å². The van der Waals surface area contributed by atoms with Crippen LogP contribution in [-0.4, -0.2) is 56.0 Å². The number of fused-ring (bicyclic) bond motifs is 2. The molecule has 4 aromatic rings. The predicted octanol–water partition coefficient (Wildman–Crippen LogP) is 2.64. The lowest BCUT2D eigenvalue weighted by molar-refractivity contribution is 0.474. The number of aromatic hydroxyl groups is 1. The minimum Gasteiger partial charge on any atom is -0.507 e. The summed E-state index contributed by atoms with van der Waals surface area (Å²) in [5.74, 6) is 1.63. The molecule has 0 amide bonds. The number of phenolic OH excluding ortho intramolecular Hbond substituents is 1. The Balaban J connectivity index is 1.53. The molecule has 0 saturated carbocycles. The zero-order valence-corrected chi connectivity index (χ0v) is 17.6. The van der Waals surface area contributed by atoms with Gasteiger partial charge in [0.1, 0.15) is 17.1 Å². The van der Waals surface area contributed by atoms with Gasteiger partial charge in [-0.05, 0) is 38.1 Å². The summed E-state index contributed by atoms with van der Waals surface area (Å²) in [4.78, 5) is 16.3. The Morgan fingerprint density at radius 3 is 2.80 bits per heavy atom. The lowest BCUT2D eigenvalue weighted by atomic mass is 10.0. The van der Waals surface area contributed by atoms with Crippen molar-refractivity contribution in [2.75, 3.05) is 25.0 Å². The fourth-order valence-electron chi connectivity index (χ4n) is 4.36. The fraction of sp³-hybridized carbons (Fsp3) is 0.364. The normalized spacial score (nSPS) is 19.3. The van der Waals surface area contributed by atoms with Crippen molar-refractivity contribution in [3.05, 3.63) is 36.2 Å². The Morgan fingerprint density at radius 2 is 2.03 bits per heavy atom. The maximum absolute atomic E-state index is 10.8. The van der Waals surface area contributed by atoms with Gasteiger partial charge in [0, 0.05) is 48.9 Å². The zero-order chi connectivity index (χ0) is 21.0. The average molecular weight is 403 g/mol. The van der Waals surface area contributed by atoms with Gasteiger partial charge in [-0.3, -0.25) is 4.68 Å². The molecule has 2 atom stereocenters. The molecule has 1 aromatic carbocycles. The van der Waals surface area contributed by atoms with E-state index in [1.807, 2.05) is 45.4 Å². The Morgan fingerprint density at radius 1 is 1.20 bits per heavy atom. The van der Waals surface area contributed by atoms with Crippen LogP contribution in [0, 0.1) is 12.8 Å². The molecule has 3 aromatic heterocycles. The summed E-state index contributed by atoms with van der Waals surface area (Å²) in [6.45, 7) is 5.99. The van der Waals surface area contributed by atoms with Gasteiger partial charge in [-0.2, -0.15) is 5.10 Å². The molecule has 30 heavy (non-hydrogen) atoms. The van der Waals surface area contributed by atoms with Gasteiger partial charge in [0.2, 0.25) is 0 Å². The molecule has 0 aliphatic carbocycles. The number of nitrogens with zero attached hydrogens (tertiary/aromatic N) is 6. The molecule has 1 fully saturated rings. The standard InChI is InChI=1S/C22H25N7O/c1-12-9-29(11-18(12)23-3)19-8-24-22-17(25-19)6-5-16(26-22)15-7-14-10-28(4)27-20(14)13(2)21(15)30/h5-8,10,12,18,23,30H,9,11H2,1-4H3/t12-,18+/m1/s1. The van der Waals surface area contributed by atoms with Crippen molar-refractivity contribution in [2.45, 2.75) is 19.9 Å². The number of hydrogen-bond donors (Lipinski definition) is 2. The minimum atomic E-state index is 0.196. The second kappa shape index (κ2) is 6.91. The van der Waals surface area contributed by atoms with Gasteiger partial charge >= 0.3 is 0 Å². The van der Waals surface area contributed by atoms with Crippen LogP contribution in [0.5, 0.6) is 5.75 Å². The third kappa shape index (κ3) is 2.95. The van der Waals surface area contributed by atoms with Gasteiger partial charge in [0.05, 0.1) is 17.4 Å². The number of nitrogens with one attached hydrogen (secondary N) is 1. The van der Waals surface area contributed by atoms with E-state index in [9.17, 15) is 5.11 Å². The number of anilines is 1. The Kier molecular flexibility index (Phi) is 4.32. The molecular weight excluding hydrogens is 378 g/mol. The average Bonchev–Trinajstić information content (AvgIpc) is 3.31. The van der Waals surface area contributed by atoms with Crippen molar-refractivity contribution in [3.63, 3.8) is 0 Å². The monoisotopic (exact) mass is 403 g/mol. The van der Waals surface area contributed by atoms with Crippen molar-refractivity contribution in [2.24, 2.45) is 13.0 Å². The topological polar surface area (TPSA) is 92.0 Å². The number of hydrogen-bond acceptors (Lipinski definition) is 7. The van der Waals surface area contributed by atoms with Crippen LogP contribution >= 0.6 is 0 Å². The first-order valence-electron chi connectivity index (χ1n) is 10.2. The Labute approximate surface area is 174 Å². The minimum absolute atomic E-state index is 0.196. The number of pyridine rings is 1. The second-order valence-electron chi connectivity index (χ2n) is 8.18. The van der Waals surface area contributed by atoms with Crippen LogP contribution in [0.2, 0.25) is 0 Å². The first-order chi connectivity index (χ1) is 14.4. The highest BCUT2D eigenvalue weighted by Gasteiger charge is 2.29. The molecule has 8 heteroatoms. The number of aryl methyl sites for hydroxylation is 2. The lowest BCUT2D eigenvalue weighted by Crippen LogP contribution is -2.32. The largest absolute Gasteiger partial charge is 0.507 e. The van der Waals surface area contributed by atoms with E-state index in [1.54, 1.807) is 10.9 Å². The van der Waals surface area contributed by atoms with E-state index in [-0.39, 0.29) is 5.75 Å². The molecule has 1 aliphatic rings. The van der Waals surface area contributed by atoms with Crippen molar-refractivity contribution in [1.82, 2.24) is 30.0 Å². The summed E-state index contributed by atoms with van der Waals surface area (Å²) in [5, 5.41) is 19.5. The third-order valence-corrected chi connectivity index (χ3v) is 6.10. The van der Waals surface area contributed by atoms with Gasteiger partial charge in [-0.25, -0.2) is 15.0 Å². The molecular formula is C22H25N7O. The van der Waals surface area contributed by atoms with E-state index in [4.69, 9.17) is 4.98 Å². The van der Waals surface area contributed by atoms with Crippen LogP contribution in [0.3, 0.4) is 0 Å². The molecule has 0 radical (unpaired) electrons. The highest BCUT2D eigenvalue weighted by Crippen LogP contribution is 2.36. The Hall–Kier alpha value is -3.26. The van der Waals surface area contributed by atoms with E-state index < -0.39 is 0 Å². The van der Waals surface area contributed by atoms with Gasteiger partial charge in [-0.15, -0.1) is 0 Å². The molecule has 1 aliphatic heterocycles. The summed E-state index contributed by atoms with van der Waals surface area (Å²) in [6.07, 6.45) is 3.73. The number of aromatic nitrogens is 5. The molecule has 8 nitrogen and oxygen atoms in total. The van der Waals surface area contributed by atoms with E-state index in [0.717, 1.165) is 40.9 Å². The van der Waals surface area contributed by atoms with Gasteiger partial charge < -0.3 is 15.3 Å². The SMILES string of the molecule is CN[C@H]1CN(c2cnc3nc(-c4cc5cn(C)nc5c(C)c4O)ccc3n2)C[C@H]1C. The van der Waals surface area contributed by atoms with Crippen molar-refractivity contribution >= 4 is 27.9 Å². The van der Waals surface area contributed by atoms with E-state index in [1.165, 1.54) is 0 Å². The van der Waals surface area contributed by atoms with Crippen LogP contribution in [0.4, 0.5) is 5.82 Å². The molecule has 0 bridgehead atoms. The molecule has 2 N–H and O–H groups in total. The van der Waals surface area contributed by atoms with Crippen LogP contribution in [-0.2, 0) is 7.05 Å². The maximum atomic E-state index is 10.8. The predicted molar refractivity (Wildman–Crippen MR) is 118 cm³/mol. The van der Waals surface area contributed by atoms with Crippen molar-refractivity contribution < 1.29 is 5.11 Å². The van der Waals surface area contributed by atoms with E-state index in [2.05, 4.69) is 32.2 Å². The number of phenols is 1. The van der Waals surface area contributed by atoms with Crippen molar-refractivity contribution in [3.8, 4) is 17.0 Å².